The van der Waals surface area contributed by atoms with Gasteiger partial charge in [0.05, 0.1) is 5.92 Å². The van der Waals surface area contributed by atoms with Gasteiger partial charge in [-0.2, -0.15) is 4.98 Å². The average molecular weight is 167 g/mol. The number of hydrogen-bond donors (Lipinski definition) is 1. The molecule has 1 fully saturated rings. The van der Waals surface area contributed by atoms with Crippen molar-refractivity contribution in [2.24, 2.45) is 5.73 Å². The monoisotopic (exact) mass is 167 g/mol. The molecule has 1 aromatic heterocycles. The van der Waals surface area contributed by atoms with Crippen LogP contribution >= 0.6 is 0 Å². The predicted molar refractivity (Wildman–Crippen MR) is 43.6 cm³/mol. The van der Waals surface area contributed by atoms with Crippen molar-refractivity contribution in [2.45, 2.75) is 38.1 Å². The van der Waals surface area contributed by atoms with Crippen LogP contribution in [0.2, 0.25) is 0 Å². The van der Waals surface area contributed by atoms with Gasteiger partial charge in [-0.1, -0.05) is 11.6 Å². The molecule has 0 radical (unpaired) electrons. The maximum Gasteiger partial charge on any atom is 0.231 e. The summed E-state index contributed by atoms with van der Waals surface area (Å²) >= 11 is 0. The summed E-state index contributed by atoms with van der Waals surface area (Å²) in [4.78, 5) is 4.19. The highest BCUT2D eigenvalue weighted by molar-refractivity contribution is 5.01. The Morgan fingerprint density at radius 3 is 2.83 bits per heavy atom. The molecule has 12 heavy (non-hydrogen) atoms. The second kappa shape index (κ2) is 2.86. The van der Waals surface area contributed by atoms with E-state index in [1.165, 1.54) is 6.42 Å². The molecule has 1 heterocycles. The molecule has 2 atom stereocenters. The smallest absolute Gasteiger partial charge is 0.231 e. The molecule has 1 saturated carbocycles. The molecule has 0 unspecified atom stereocenters. The third-order valence-corrected chi connectivity index (χ3v) is 2.43. The van der Waals surface area contributed by atoms with E-state index in [1.54, 1.807) is 0 Å². The quantitative estimate of drug-likeness (QED) is 0.677. The first-order valence-electron chi connectivity index (χ1n) is 4.33. The molecule has 2 N–H and O–H groups in total. The summed E-state index contributed by atoms with van der Waals surface area (Å²) in [6.45, 7) is 1.83. The molecule has 0 aliphatic heterocycles. The fraction of sp³-hybridized carbons (Fsp3) is 0.750. The van der Waals surface area contributed by atoms with Crippen molar-refractivity contribution in [3.05, 3.63) is 11.7 Å². The number of nitrogens with zero attached hydrogens (tertiary/aromatic N) is 2. The van der Waals surface area contributed by atoms with Crippen molar-refractivity contribution >= 4 is 0 Å². The number of rotatable bonds is 1. The number of nitrogens with two attached hydrogens (primary N) is 1. The van der Waals surface area contributed by atoms with E-state index >= 15 is 0 Å². The van der Waals surface area contributed by atoms with Crippen LogP contribution in [0, 0.1) is 6.92 Å². The van der Waals surface area contributed by atoms with Gasteiger partial charge in [0.25, 0.3) is 0 Å². The molecule has 0 bridgehead atoms. The van der Waals surface area contributed by atoms with Crippen molar-refractivity contribution in [2.75, 3.05) is 0 Å². The standard InChI is InChI=1S/C8H13N3O/c1-5-10-8(12-11-5)6-3-2-4-7(6)9/h6-7H,2-4,9H2,1H3/t6-,7-/m0/s1. The number of aryl methyl sites for hydroxylation is 1. The molecule has 4 nitrogen and oxygen atoms in total. The Balaban J connectivity index is 2.19. The average Bonchev–Trinajstić information content (AvgIpc) is 2.58. The molecule has 0 spiro atoms. The predicted octanol–water partition coefficient (Wildman–Crippen LogP) is 0.973. The lowest BCUT2D eigenvalue weighted by Gasteiger charge is -2.08. The maximum absolute atomic E-state index is 5.89. The van der Waals surface area contributed by atoms with Gasteiger partial charge in [-0.15, -0.1) is 0 Å². The van der Waals surface area contributed by atoms with Crippen molar-refractivity contribution < 1.29 is 4.52 Å². The summed E-state index contributed by atoms with van der Waals surface area (Å²) in [7, 11) is 0. The van der Waals surface area contributed by atoms with Crippen LogP contribution in [0.4, 0.5) is 0 Å². The summed E-state index contributed by atoms with van der Waals surface area (Å²) in [5.74, 6) is 1.72. The Kier molecular flexibility index (Phi) is 1.84. The first-order valence-corrected chi connectivity index (χ1v) is 4.33. The van der Waals surface area contributed by atoms with E-state index in [1.807, 2.05) is 6.92 Å². The fourth-order valence-corrected chi connectivity index (χ4v) is 1.76. The van der Waals surface area contributed by atoms with Gasteiger partial charge < -0.3 is 10.3 Å². The Labute approximate surface area is 71.1 Å². The third-order valence-electron chi connectivity index (χ3n) is 2.43. The van der Waals surface area contributed by atoms with Gasteiger partial charge in [-0.3, -0.25) is 0 Å². The third kappa shape index (κ3) is 1.22. The molecule has 1 aliphatic carbocycles. The molecule has 2 rings (SSSR count). The summed E-state index contributed by atoms with van der Waals surface area (Å²) in [6, 6.07) is 0.213. The minimum absolute atomic E-state index is 0.213. The van der Waals surface area contributed by atoms with Crippen molar-refractivity contribution in [1.29, 1.82) is 0 Å². The number of hydrogen-bond acceptors (Lipinski definition) is 4. The lowest BCUT2D eigenvalue weighted by atomic mass is 10.1. The van der Waals surface area contributed by atoms with Gasteiger partial charge in [0.2, 0.25) is 5.89 Å². The summed E-state index contributed by atoms with van der Waals surface area (Å²) in [5.41, 5.74) is 5.89. The van der Waals surface area contributed by atoms with Gasteiger partial charge in [-0.25, -0.2) is 0 Å². The highest BCUT2D eigenvalue weighted by Crippen LogP contribution is 2.31. The normalized spacial score (nSPS) is 29.5. The van der Waals surface area contributed by atoms with Gasteiger partial charge >= 0.3 is 0 Å². The van der Waals surface area contributed by atoms with Crippen molar-refractivity contribution in [3.63, 3.8) is 0 Å². The highest BCUT2D eigenvalue weighted by atomic mass is 16.5. The van der Waals surface area contributed by atoms with E-state index in [4.69, 9.17) is 10.3 Å². The van der Waals surface area contributed by atoms with Gasteiger partial charge in [0.15, 0.2) is 5.82 Å². The minimum Gasteiger partial charge on any atom is -0.339 e. The molecule has 1 aliphatic rings. The Morgan fingerprint density at radius 2 is 2.33 bits per heavy atom. The van der Waals surface area contributed by atoms with Gasteiger partial charge in [0, 0.05) is 6.04 Å². The van der Waals surface area contributed by atoms with E-state index in [0.717, 1.165) is 18.7 Å². The molecule has 1 aromatic rings. The van der Waals surface area contributed by atoms with Gasteiger partial charge in [0.1, 0.15) is 0 Å². The van der Waals surface area contributed by atoms with E-state index in [2.05, 4.69) is 10.1 Å². The molecule has 0 amide bonds. The molecular formula is C8H13N3O. The van der Waals surface area contributed by atoms with Gasteiger partial charge in [-0.05, 0) is 19.8 Å². The van der Waals surface area contributed by atoms with Crippen LogP contribution < -0.4 is 5.73 Å². The van der Waals surface area contributed by atoms with Crippen LogP contribution in [0.5, 0.6) is 0 Å². The molecule has 4 heteroatoms. The molecular weight excluding hydrogens is 154 g/mol. The van der Waals surface area contributed by atoms with Crippen LogP contribution in [0.25, 0.3) is 0 Å². The molecule has 0 aromatic carbocycles. The van der Waals surface area contributed by atoms with Crippen molar-refractivity contribution in [1.82, 2.24) is 10.1 Å². The van der Waals surface area contributed by atoms with Crippen LogP contribution in [-0.4, -0.2) is 16.2 Å². The first kappa shape index (κ1) is 7.73. The summed E-state index contributed by atoms with van der Waals surface area (Å²) < 4.78 is 5.08. The largest absolute Gasteiger partial charge is 0.339 e. The summed E-state index contributed by atoms with van der Waals surface area (Å²) in [6.07, 6.45) is 3.34. The lowest BCUT2D eigenvalue weighted by molar-refractivity contribution is 0.342. The van der Waals surface area contributed by atoms with E-state index < -0.39 is 0 Å². The summed E-state index contributed by atoms with van der Waals surface area (Å²) in [5, 5.41) is 3.75. The highest BCUT2D eigenvalue weighted by Gasteiger charge is 2.29. The van der Waals surface area contributed by atoms with Crippen molar-refractivity contribution in [3.8, 4) is 0 Å². The first-order chi connectivity index (χ1) is 5.77. The second-order valence-electron chi connectivity index (χ2n) is 3.38. The van der Waals surface area contributed by atoms with Crippen LogP contribution in [0.1, 0.15) is 36.9 Å². The Morgan fingerprint density at radius 1 is 1.50 bits per heavy atom. The number of aromatic nitrogens is 2. The topological polar surface area (TPSA) is 64.9 Å². The zero-order chi connectivity index (χ0) is 8.55. The maximum atomic E-state index is 5.89. The zero-order valence-electron chi connectivity index (χ0n) is 7.16. The minimum atomic E-state index is 0.213. The van der Waals surface area contributed by atoms with Crippen LogP contribution in [0.3, 0.4) is 0 Å². The van der Waals surface area contributed by atoms with E-state index in [0.29, 0.717) is 11.7 Å². The van der Waals surface area contributed by atoms with E-state index in [9.17, 15) is 0 Å². The Bertz CT molecular complexity index is 271. The Hall–Kier alpha value is -0.900. The second-order valence-corrected chi connectivity index (χ2v) is 3.38. The SMILES string of the molecule is Cc1noc([C@H]2CCC[C@@H]2N)n1. The van der Waals surface area contributed by atoms with Crippen LogP contribution in [-0.2, 0) is 0 Å². The van der Waals surface area contributed by atoms with E-state index in [-0.39, 0.29) is 6.04 Å². The fourth-order valence-electron chi connectivity index (χ4n) is 1.76. The van der Waals surface area contributed by atoms with Crippen LogP contribution in [0.15, 0.2) is 4.52 Å². The lowest BCUT2D eigenvalue weighted by Crippen LogP contribution is -2.22. The molecule has 0 saturated heterocycles. The molecule has 66 valence electrons. The zero-order valence-corrected chi connectivity index (χ0v) is 7.16.